The lowest BCUT2D eigenvalue weighted by atomic mass is 9.98. The van der Waals surface area contributed by atoms with Gasteiger partial charge in [-0.15, -0.1) is 0 Å². The quantitative estimate of drug-likeness (QED) is 0.760. The molecule has 1 heterocycles. The van der Waals surface area contributed by atoms with E-state index in [9.17, 15) is 9.59 Å². The van der Waals surface area contributed by atoms with Gasteiger partial charge in [-0.2, -0.15) is 0 Å². The van der Waals surface area contributed by atoms with Crippen molar-refractivity contribution in [3.05, 3.63) is 59.7 Å². The van der Waals surface area contributed by atoms with Gasteiger partial charge in [0.25, 0.3) is 0 Å². The predicted octanol–water partition coefficient (Wildman–Crippen LogP) is 2.82. The van der Waals surface area contributed by atoms with Crippen molar-refractivity contribution in [2.45, 2.75) is 19.4 Å². The van der Waals surface area contributed by atoms with Gasteiger partial charge in [-0.3, -0.25) is 14.5 Å². The molecule has 3 rings (SSSR count). The first kappa shape index (κ1) is 17.0. The number of imide groups is 1. The van der Waals surface area contributed by atoms with Crippen molar-refractivity contribution in [2.75, 3.05) is 14.2 Å². The van der Waals surface area contributed by atoms with E-state index in [1.54, 1.807) is 26.4 Å². The van der Waals surface area contributed by atoms with Gasteiger partial charge in [0.2, 0.25) is 11.8 Å². The van der Waals surface area contributed by atoms with Crippen LogP contribution in [0.2, 0.25) is 0 Å². The lowest BCUT2D eigenvalue weighted by Crippen LogP contribution is -2.30. The molecular formula is C20H21NO4. The van der Waals surface area contributed by atoms with Crippen LogP contribution in [-0.2, 0) is 22.6 Å². The summed E-state index contributed by atoms with van der Waals surface area (Å²) in [6.07, 6.45) is 0.856. The molecule has 25 heavy (non-hydrogen) atoms. The Kier molecular flexibility index (Phi) is 5.03. The van der Waals surface area contributed by atoms with Crippen LogP contribution in [0.5, 0.6) is 11.5 Å². The highest BCUT2D eigenvalue weighted by molar-refractivity contribution is 6.03. The minimum atomic E-state index is -0.282. The molecular weight excluding hydrogens is 318 g/mol. The third-order valence-corrected chi connectivity index (χ3v) is 4.45. The summed E-state index contributed by atoms with van der Waals surface area (Å²) in [7, 11) is 3.13. The molecule has 0 radical (unpaired) electrons. The van der Waals surface area contributed by atoms with E-state index in [1.165, 1.54) is 4.90 Å². The van der Waals surface area contributed by atoms with Crippen molar-refractivity contribution in [3.8, 4) is 11.5 Å². The molecule has 5 nitrogen and oxygen atoms in total. The zero-order chi connectivity index (χ0) is 17.8. The SMILES string of the molecule is COc1ccc(CN2C(=O)C[C@@H](Cc3ccccc3)C2=O)cc1OC. The second-order valence-electron chi connectivity index (χ2n) is 6.10. The third kappa shape index (κ3) is 3.65. The summed E-state index contributed by atoms with van der Waals surface area (Å²) in [4.78, 5) is 26.3. The summed E-state index contributed by atoms with van der Waals surface area (Å²) in [5.74, 6) is 0.687. The topological polar surface area (TPSA) is 55.8 Å². The molecule has 0 bridgehead atoms. The van der Waals surface area contributed by atoms with Gasteiger partial charge in [-0.1, -0.05) is 36.4 Å². The Bertz CT molecular complexity index is 773. The lowest BCUT2D eigenvalue weighted by Gasteiger charge is -2.16. The molecule has 5 heteroatoms. The molecule has 1 atom stereocenters. The van der Waals surface area contributed by atoms with Gasteiger partial charge in [0, 0.05) is 6.42 Å². The highest BCUT2D eigenvalue weighted by Gasteiger charge is 2.38. The first-order valence-electron chi connectivity index (χ1n) is 8.21. The van der Waals surface area contributed by atoms with Crippen LogP contribution in [0.15, 0.2) is 48.5 Å². The van der Waals surface area contributed by atoms with E-state index < -0.39 is 0 Å². The Hall–Kier alpha value is -2.82. The molecule has 1 saturated heterocycles. The molecule has 0 unspecified atom stereocenters. The highest BCUT2D eigenvalue weighted by Crippen LogP contribution is 2.30. The van der Waals surface area contributed by atoms with Crippen molar-refractivity contribution in [1.82, 2.24) is 4.90 Å². The van der Waals surface area contributed by atoms with Gasteiger partial charge in [-0.25, -0.2) is 0 Å². The monoisotopic (exact) mass is 339 g/mol. The summed E-state index contributed by atoms with van der Waals surface area (Å²) in [6, 6.07) is 15.2. The first-order valence-corrected chi connectivity index (χ1v) is 8.21. The molecule has 130 valence electrons. The maximum absolute atomic E-state index is 12.7. The Labute approximate surface area is 147 Å². The summed E-state index contributed by atoms with van der Waals surface area (Å²) in [6.45, 7) is 0.253. The molecule has 0 N–H and O–H groups in total. The second-order valence-corrected chi connectivity index (χ2v) is 6.10. The Morgan fingerprint density at radius 3 is 2.36 bits per heavy atom. The van der Waals surface area contributed by atoms with Crippen LogP contribution >= 0.6 is 0 Å². The molecule has 2 amide bonds. The number of hydrogen-bond acceptors (Lipinski definition) is 4. The van der Waals surface area contributed by atoms with Gasteiger partial charge in [0.1, 0.15) is 0 Å². The van der Waals surface area contributed by atoms with Crippen LogP contribution < -0.4 is 9.47 Å². The smallest absolute Gasteiger partial charge is 0.233 e. The van der Waals surface area contributed by atoms with E-state index in [0.29, 0.717) is 17.9 Å². The van der Waals surface area contributed by atoms with Crippen LogP contribution in [0.4, 0.5) is 0 Å². The van der Waals surface area contributed by atoms with Gasteiger partial charge in [0.05, 0.1) is 26.7 Å². The fraction of sp³-hybridized carbons (Fsp3) is 0.300. The van der Waals surface area contributed by atoms with Crippen molar-refractivity contribution < 1.29 is 19.1 Å². The van der Waals surface area contributed by atoms with E-state index in [2.05, 4.69) is 0 Å². The van der Waals surface area contributed by atoms with E-state index >= 15 is 0 Å². The number of carbonyl (C=O) groups is 2. The van der Waals surface area contributed by atoms with Gasteiger partial charge < -0.3 is 9.47 Å². The standard InChI is InChI=1S/C20H21NO4/c1-24-17-9-8-15(11-18(17)25-2)13-21-19(22)12-16(20(21)23)10-14-6-4-3-5-7-14/h3-9,11,16H,10,12-13H2,1-2H3/t16-/m1/s1. The van der Waals surface area contributed by atoms with Gasteiger partial charge in [-0.05, 0) is 29.7 Å². The minimum Gasteiger partial charge on any atom is -0.493 e. The largest absolute Gasteiger partial charge is 0.493 e. The average Bonchev–Trinajstić information content (AvgIpc) is 2.90. The van der Waals surface area contributed by atoms with E-state index in [-0.39, 0.29) is 30.7 Å². The van der Waals surface area contributed by atoms with Crippen LogP contribution in [0, 0.1) is 5.92 Å². The number of likely N-dealkylation sites (tertiary alicyclic amines) is 1. The summed E-state index contributed by atoms with van der Waals surface area (Å²) >= 11 is 0. The minimum absolute atomic E-state index is 0.108. The normalized spacial score (nSPS) is 17.0. The maximum atomic E-state index is 12.7. The fourth-order valence-electron chi connectivity index (χ4n) is 3.14. The van der Waals surface area contributed by atoms with Crippen molar-refractivity contribution in [1.29, 1.82) is 0 Å². The molecule has 1 aliphatic rings. The van der Waals surface area contributed by atoms with Crippen molar-refractivity contribution in [2.24, 2.45) is 5.92 Å². The molecule has 0 aromatic heterocycles. The summed E-state index contributed by atoms with van der Waals surface area (Å²) < 4.78 is 10.5. The van der Waals surface area contributed by atoms with E-state index in [4.69, 9.17) is 9.47 Å². The molecule has 1 fully saturated rings. The molecule has 0 aliphatic carbocycles. The van der Waals surface area contributed by atoms with Crippen LogP contribution in [0.25, 0.3) is 0 Å². The zero-order valence-electron chi connectivity index (χ0n) is 14.4. The van der Waals surface area contributed by atoms with Crippen LogP contribution in [0.3, 0.4) is 0 Å². The number of methoxy groups -OCH3 is 2. The molecule has 2 aromatic rings. The number of benzene rings is 2. The summed E-state index contributed by atoms with van der Waals surface area (Å²) in [5, 5.41) is 0. The number of hydrogen-bond donors (Lipinski definition) is 0. The summed E-state index contributed by atoms with van der Waals surface area (Å²) in [5.41, 5.74) is 1.90. The number of amides is 2. The number of rotatable bonds is 6. The van der Waals surface area contributed by atoms with E-state index in [1.807, 2.05) is 36.4 Å². The number of ether oxygens (including phenoxy) is 2. The molecule has 0 spiro atoms. The van der Waals surface area contributed by atoms with Gasteiger partial charge >= 0.3 is 0 Å². The Morgan fingerprint density at radius 1 is 0.960 bits per heavy atom. The number of carbonyl (C=O) groups excluding carboxylic acids is 2. The average molecular weight is 339 g/mol. The van der Waals surface area contributed by atoms with Gasteiger partial charge in [0.15, 0.2) is 11.5 Å². The Morgan fingerprint density at radius 2 is 1.68 bits per heavy atom. The van der Waals surface area contributed by atoms with Crippen molar-refractivity contribution in [3.63, 3.8) is 0 Å². The number of nitrogens with zero attached hydrogens (tertiary/aromatic N) is 1. The second kappa shape index (κ2) is 7.38. The molecule has 1 aliphatic heterocycles. The first-order chi connectivity index (χ1) is 12.1. The third-order valence-electron chi connectivity index (χ3n) is 4.45. The highest BCUT2D eigenvalue weighted by atomic mass is 16.5. The Balaban J connectivity index is 1.72. The van der Waals surface area contributed by atoms with Crippen LogP contribution in [0.1, 0.15) is 17.5 Å². The maximum Gasteiger partial charge on any atom is 0.233 e. The lowest BCUT2D eigenvalue weighted by molar-refractivity contribution is -0.140. The van der Waals surface area contributed by atoms with E-state index in [0.717, 1.165) is 11.1 Å². The zero-order valence-corrected chi connectivity index (χ0v) is 14.4. The van der Waals surface area contributed by atoms with Crippen LogP contribution in [-0.4, -0.2) is 30.9 Å². The molecule has 0 saturated carbocycles. The fourth-order valence-corrected chi connectivity index (χ4v) is 3.14. The van der Waals surface area contributed by atoms with Crippen molar-refractivity contribution >= 4 is 11.8 Å². The molecule has 2 aromatic carbocycles. The predicted molar refractivity (Wildman–Crippen MR) is 93.4 cm³/mol.